The third-order valence-corrected chi connectivity index (χ3v) is 5.16. The number of carbonyl (C=O) groups excluding carboxylic acids is 1. The molecule has 0 radical (unpaired) electrons. The van der Waals surface area contributed by atoms with Crippen LogP contribution in [0.5, 0.6) is 0 Å². The van der Waals surface area contributed by atoms with Crippen LogP contribution in [0.25, 0.3) is 0 Å². The van der Waals surface area contributed by atoms with Crippen molar-refractivity contribution in [2.45, 2.75) is 12.8 Å². The van der Waals surface area contributed by atoms with Gasteiger partial charge in [0.15, 0.2) is 5.96 Å². The Hall–Kier alpha value is -3.02. The molecular formula is C23H31N5O. The summed E-state index contributed by atoms with van der Waals surface area (Å²) in [4.78, 5) is 21.1. The zero-order chi connectivity index (χ0) is 20.3. The first kappa shape index (κ1) is 20.7. The summed E-state index contributed by atoms with van der Waals surface area (Å²) in [5.41, 5.74) is 2.52. The minimum absolute atomic E-state index is 0.199. The van der Waals surface area contributed by atoms with Gasteiger partial charge in [-0.2, -0.15) is 0 Å². The maximum absolute atomic E-state index is 12.5. The SMILES string of the molecule is CN=C(NCCC(=O)N1CCN(c2ccccc2)CC1)NCCc1ccccc1. The van der Waals surface area contributed by atoms with Crippen LogP contribution in [0.1, 0.15) is 12.0 Å². The van der Waals surface area contributed by atoms with Crippen LogP contribution in [0.3, 0.4) is 0 Å². The second-order valence-electron chi connectivity index (χ2n) is 7.11. The molecule has 1 saturated heterocycles. The van der Waals surface area contributed by atoms with Gasteiger partial charge in [0, 0.05) is 58.4 Å². The van der Waals surface area contributed by atoms with E-state index in [1.807, 2.05) is 29.2 Å². The summed E-state index contributed by atoms with van der Waals surface area (Å²) in [6, 6.07) is 20.7. The second-order valence-corrected chi connectivity index (χ2v) is 7.11. The molecule has 2 N–H and O–H groups in total. The number of carbonyl (C=O) groups is 1. The average molecular weight is 394 g/mol. The summed E-state index contributed by atoms with van der Waals surface area (Å²) in [5.74, 6) is 0.938. The lowest BCUT2D eigenvalue weighted by Gasteiger charge is -2.36. The Bertz CT molecular complexity index is 770. The summed E-state index contributed by atoms with van der Waals surface area (Å²) >= 11 is 0. The Morgan fingerprint density at radius 1 is 0.897 bits per heavy atom. The van der Waals surface area contributed by atoms with E-state index in [1.54, 1.807) is 7.05 Å². The van der Waals surface area contributed by atoms with E-state index in [1.165, 1.54) is 11.3 Å². The lowest BCUT2D eigenvalue weighted by molar-refractivity contribution is -0.131. The molecular weight excluding hydrogens is 362 g/mol. The smallest absolute Gasteiger partial charge is 0.224 e. The second kappa shape index (κ2) is 11.1. The fraction of sp³-hybridized carbons (Fsp3) is 0.391. The molecule has 154 valence electrons. The van der Waals surface area contributed by atoms with Gasteiger partial charge in [-0.15, -0.1) is 0 Å². The fourth-order valence-electron chi connectivity index (χ4n) is 3.49. The quantitative estimate of drug-likeness (QED) is 0.559. The molecule has 0 aliphatic carbocycles. The summed E-state index contributed by atoms with van der Waals surface area (Å²) in [7, 11) is 1.75. The van der Waals surface area contributed by atoms with Gasteiger partial charge in [-0.05, 0) is 24.1 Å². The van der Waals surface area contributed by atoms with Crippen molar-refractivity contribution in [3.05, 3.63) is 66.2 Å². The Labute approximate surface area is 173 Å². The van der Waals surface area contributed by atoms with Gasteiger partial charge in [0.05, 0.1) is 0 Å². The van der Waals surface area contributed by atoms with E-state index < -0.39 is 0 Å². The third kappa shape index (κ3) is 6.52. The molecule has 1 fully saturated rings. The zero-order valence-electron chi connectivity index (χ0n) is 17.2. The first-order valence-corrected chi connectivity index (χ1v) is 10.3. The number of anilines is 1. The van der Waals surface area contributed by atoms with E-state index >= 15 is 0 Å². The number of rotatable bonds is 7. The average Bonchev–Trinajstić information content (AvgIpc) is 2.79. The van der Waals surface area contributed by atoms with Gasteiger partial charge in [-0.1, -0.05) is 48.5 Å². The summed E-state index contributed by atoms with van der Waals surface area (Å²) in [6.07, 6.45) is 1.41. The lowest BCUT2D eigenvalue weighted by Crippen LogP contribution is -2.49. The van der Waals surface area contributed by atoms with Gasteiger partial charge in [0.1, 0.15) is 0 Å². The Kier molecular flexibility index (Phi) is 7.92. The number of nitrogens with one attached hydrogen (secondary N) is 2. The van der Waals surface area contributed by atoms with Gasteiger partial charge < -0.3 is 20.4 Å². The molecule has 0 spiro atoms. The van der Waals surface area contributed by atoms with Crippen LogP contribution in [0, 0.1) is 0 Å². The van der Waals surface area contributed by atoms with Crippen LogP contribution >= 0.6 is 0 Å². The van der Waals surface area contributed by atoms with E-state index in [9.17, 15) is 4.79 Å². The van der Waals surface area contributed by atoms with E-state index in [0.29, 0.717) is 13.0 Å². The van der Waals surface area contributed by atoms with Gasteiger partial charge in [0.25, 0.3) is 0 Å². The van der Waals surface area contributed by atoms with Crippen LogP contribution in [0.4, 0.5) is 5.69 Å². The maximum Gasteiger partial charge on any atom is 0.224 e. The zero-order valence-corrected chi connectivity index (χ0v) is 17.2. The lowest BCUT2D eigenvalue weighted by atomic mass is 10.1. The highest BCUT2D eigenvalue weighted by atomic mass is 16.2. The number of hydrogen-bond acceptors (Lipinski definition) is 3. The third-order valence-electron chi connectivity index (χ3n) is 5.16. The number of nitrogens with zero attached hydrogens (tertiary/aromatic N) is 3. The van der Waals surface area contributed by atoms with E-state index in [4.69, 9.17) is 0 Å². The topological polar surface area (TPSA) is 60.0 Å². The number of aliphatic imine (C=N–C) groups is 1. The summed E-state index contributed by atoms with van der Waals surface area (Å²) in [5, 5.41) is 6.54. The van der Waals surface area contributed by atoms with Crippen molar-refractivity contribution >= 4 is 17.6 Å². The number of para-hydroxylation sites is 1. The van der Waals surface area contributed by atoms with Crippen molar-refractivity contribution in [2.24, 2.45) is 4.99 Å². The maximum atomic E-state index is 12.5. The van der Waals surface area contributed by atoms with Gasteiger partial charge in [0.2, 0.25) is 5.91 Å². The van der Waals surface area contributed by atoms with Crippen molar-refractivity contribution in [2.75, 3.05) is 51.2 Å². The Morgan fingerprint density at radius 2 is 1.52 bits per heavy atom. The first-order chi connectivity index (χ1) is 14.3. The number of amides is 1. The van der Waals surface area contributed by atoms with Crippen LogP contribution in [0.15, 0.2) is 65.7 Å². The number of hydrogen-bond donors (Lipinski definition) is 2. The highest BCUT2D eigenvalue weighted by molar-refractivity contribution is 5.81. The predicted octanol–water partition coefficient (Wildman–Crippen LogP) is 2.13. The van der Waals surface area contributed by atoms with Crippen molar-refractivity contribution in [3.63, 3.8) is 0 Å². The van der Waals surface area contributed by atoms with E-state index in [-0.39, 0.29) is 5.91 Å². The summed E-state index contributed by atoms with van der Waals surface area (Å²) < 4.78 is 0. The van der Waals surface area contributed by atoms with Crippen molar-refractivity contribution in [1.82, 2.24) is 15.5 Å². The molecule has 29 heavy (non-hydrogen) atoms. The van der Waals surface area contributed by atoms with Gasteiger partial charge in [-0.3, -0.25) is 9.79 Å². The van der Waals surface area contributed by atoms with E-state index in [0.717, 1.165) is 45.1 Å². The van der Waals surface area contributed by atoms with Gasteiger partial charge >= 0.3 is 0 Å². The molecule has 0 unspecified atom stereocenters. The molecule has 6 nitrogen and oxygen atoms in total. The molecule has 1 aliphatic heterocycles. The van der Waals surface area contributed by atoms with Gasteiger partial charge in [-0.25, -0.2) is 0 Å². The van der Waals surface area contributed by atoms with Crippen LogP contribution < -0.4 is 15.5 Å². The first-order valence-electron chi connectivity index (χ1n) is 10.3. The van der Waals surface area contributed by atoms with Crippen LogP contribution in [-0.2, 0) is 11.2 Å². The fourth-order valence-corrected chi connectivity index (χ4v) is 3.49. The minimum atomic E-state index is 0.199. The van der Waals surface area contributed by atoms with Crippen molar-refractivity contribution in [1.29, 1.82) is 0 Å². The molecule has 0 bridgehead atoms. The number of benzene rings is 2. The summed E-state index contributed by atoms with van der Waals surface area (Å²) in [6.45, 7) is 4.70. The molecule has 1 heterocycles. The molecule has 2 aromatic carbocycles. The molecule has 0 atom stereocenters. The number of piperazine rings is 1. The molecule has 1 amide bonds. The molecule has 0 saturated carbocycles. The minimum Gasteiger partial charge on any atom is -0.368 e. The molecule has 2 aromatic rings. The van der Waals surface area contributed by atoms with Crippen LogP contribution in [0.2, 0.25) is 0 Å². The molecule has 6 heteroatoms. The highest BCUT2D eigenvalue weighted by Crippen LogP contribution is 2.15. The largest absolute Gasteiger partial charge is 0.368 e. The molecule has 1 aliphatic rings. The van der Waals surface area contributed by atoms with E-state index in [2.05, 4.69) is 56.9 Å². The highest BCUT2D eigenvalue weighted by Gasteiger charge is 2.20. The Balaban J connectivity index is 1.33. The molecule has 3 rings (SSSR count). The Morgan fingerprint density at radius 3 is 2.17 bits per heavy atom. The monoisotopic (exact) mass is 393 g/mol. The van der Waals surface area contributed by atoms with Crippen molar-refractivity contribution < 1.29 is 4.79 Å². The van der Waals surface area contributed by atoms with Crippen molar-refractivity contribution in [3.8, 4) is 0 Å². The predicted molar refractivity (Wildman–Crippen MR) is 119 cm³/mol. The van der Waals surface area contributed by atoms with Crippen LogP contribution in [-0.4, -0.2) is 63.1 Å². The molecule has 0 aromatic heterocycles. The standard InChI is InChI=1S/C23H31N5O/c1-24-23(25-14-12-20-8-4-2-5-9-20)26-15-13-22(29)28-18-16-27(17-19-28)21-10-6-3-7-11-21/h2-11H,12-19H2,1H3,(H2,24,25,26). The normalized spacial score (nSPS) is 14.6. The number of guanidine groups is 1.